The molecule has 0 aliphatic heterocycles. The summed E-state index contributed by atoms with van der Waals surface area (Å²) in [7, 11) is 1.56. The number of hydrogen-bond acceptors (Lipinski definition) is 3. The zero-order valence-corrected chi connectivity index (χ0v) is 7.99. The largest absolute Gasteiger partial charge is 0.497 e. The smallest absolute Gasteiger partial charge is 0.226 e. The van der Waals surface area contributed by atoms with Crippen LogP contribution in [0.4, 0.5) is 5.69 Å². The van der Waals surface area contributed by atoms with Crippen molar-refractivity contribution in [1.82, 2.24) is 0 Å². The van der Waals surface area contributed by atoms with E-state index in [0.29, 0.717) is 11.4 Å². The zero-order chi connectivity index (χ0) is 10.4. The first-order chi connectivity index (χ1) is 6.76. The summed E-state index contributed by atoms with van der Waals surface area (Å²) in [5.74, 6) is 0.479. The summed E-state index contributed by atoms with van der Waals surface area (Å²) in [5, 5.41) is 11.2. The van der Waals surface area contributed by atoms with Crippen molar-refractivity contribution in [1.29, 1.82) is 0 Å². The minimum atomic E-state index is -0.208. The number of anilines is 1. The Morgan fingerprint density at radius 1 is 1.57 bits per heavy atom. The SMILES string of the molecule is COc1cccc(NC(=O)CCO)c1. The molecule has 0 aliphatic rings. The number of carbonyl (C=O) groups is 1. The van der Waals surface area contributed by atoms with Gasteiger partial charge >= 0.3 is 0 Å². The fraction of sp³-hybridized carbons (Fsp3) is 0.300. The Bertz CT molecular complexity index is 312. The number of methoxy groups -OCH3 is 1. The predicted octanol–water partition coefficient (Wildman–Crippen LogP) is 1.02. The van der Waals surface area contributed by atoms with Crippen LogP contribution in [-0.4, -0.2) is 24.7 Å². The molecule has 0 spiro atoms. The Balaban J connectivity index is 2.62. The number of hydrogen-bond donors (Lipinski definition) is 2. The van der Waals surface area contributed by atoms with Crippen molar-refractivity contribution in [3.05, 3.63) is 24.3 Å². The van der Waals surface area contributed by atoms with Crippen molar-refractivity contribution < 1.29 is 14.6 Å². The van der Waals surface area contributed by atoms with Crippen LogP contribution in [-0.2, 0) is 4.79 Å². The quantitative estimate of drug-likeness (QED) is 0.754. The number of benzene rings is 1. The summed E-state index contributed by atoms with van der Waals surface area (Å²) in [5.41, 5.74) is 0.669. The fourth-order valence-electron chi connectivity index (χ4n) is 1.03. The number of carbonyl (C=O) groups excluding carboxylic acids is 1. The molecule has 1 aromatic carbocycles. The van der Waals surface area contributed by atoms with E-state index in [9.17, 15) is 4.79 Å². The number of rotatable bonds is 4. The topological polar surface area (TPSA) is 58.6 Å². The van der Waals surface area contributed by atoms with Crippen LogP contribution in [0.1, 0.15) is 6.42 Å². The lowest BCUT2D eigenvalue weighted by atomic mass is 10.3. The van der Waals surface area contributed by atoms with Gasteiger partial charge in [0.2, 0.25) is 5.91 Å². The first-order valence-corrected chi connectivity index (χ1v) is 4.31. The van der Waals surface area contributed by atoms with E-state index in [1.54, 1.807) is 31.4 Å². The van der Waals surface area contributed by atoms with Crippen molar-refractivity contribution in [2.75, 3.05) is 19.0 Å². The predicted molar refractivity (Wildman–Crippen MR) is 53.3 cm³/mol. The maximum Gasteiger partial charge on any atom is 0.226 e. The van der Waals surface area contributed by atoms with Gasteiger partial charge in [-0.25, -0.2) is 0 Å². The minimum absolute atomic E-state index is 0.108. The molecular formula is C10H13NO3. The van der Waals surface area contributed by atoms with Crippen LogP contribution in [0.2, 0.25) is 0 Å². The molecule has 0 aromatic heterocycles. The van der Waals surface area contributed by atoms with E-state index in [2.05, 4.69) is 5.32 Å². The standard InChI is InChI=1S/C10H13NO3/c1-14-9-4-2-3-8(7-9)11-10(13)5-6-12/h2-4,7,12H,5-6H2,1H3,(H,11,13). The van der Waals surface area contributed by atoms with E-state index in [-0.39, 0.29) is 18.9 Å². The Hall–Kier alpha value is -1.55. The molecule has 2 N–H and O–H groups in total. The molecular weight excluding hydrogens is 182 g/mol. The van der Waals surface area contributed by atoms with Gasteiger partial charge in [-0.15, -0.1) is 0 Å². The third-order valence-electron chi connectivity index (χ3n) is 1.69. The number of nitrogens with one attached hydrogen (secondary N) is 1. The summed E-state index contributed by atoms with van der Waals surface area (Å²) in [4.78, 5) is 11.1. The second-order valence-corrected chi connectivity index (χ2v) is 2.75. The third kappa shape index (κ3) is 3.06. The Morgan fingerprint density at radius 3 is 3.00 bits per heavy atom. The summed E-state index contributed by atoms with van der Waals surface area (Å²) in [6.07, 6.45) is 0.108. The van der Waals surface area contributed by atoms with Crippen LogP contribution in [0, 0.1) is 0 Å². The zero-order valence-electron chi connectivity index (χ0n) is 7.99. The second-order valence-electron chi connectivity index (χ2n) is 2.75. The molecule has 0 atom stereocenters. The van der Waals surface area contributed by atoms with Crippen molar-refractivity contribution in [2.45, 2.75) is 6.42 Å². The van der Waals surface area contributed by atoms with E-state index in [1.165, 1.54) is 0 Å². The van der Waals surface area contributed by atoms with Crippen LogP contribution in [0.25, 0.3) is 0 Å². The highest BCUT2D eigenvalue weighted by atomic mass is 16.5. The van der Waals surface area contributed by atoms with Crippen molar-refractivity contribution in [2.24, 2.45) is 0 Å². The van der Waals surface area contributed by atoms with Crippen LogP contribution in [0.5, 0.6) is 5.75 Å². The van der Waals surface area contributed by atoms with Crippen LogP contribution < -0.4 is 10.1 Å². The van der Waals surface area contributed by atoms with Crippen molar-refractivity contribution in [3.8, 4) is 5.75 Å². The molecule has 4 nitrogen and oxygen atoms in total. The lowest BCUT2D eigenvalue weighted by molar-refractivity contribution is -0.116. The molecule has 0 unspecified atom stereocenters. The maximum atomic E-state index is 11.1. The molecule has 1 amide bonds. The summed E-state index contributed by atoms with van der Waals surface area (Å²) in [6.45, 7) is -0.143. The van der Waals surface area contributed by atoms with Gasteiger partial charge in [0.15, 0.2) is 0 Å². The van der Waals surface area contributed by atoms with Gasteiger partial charge in [0.1, 0.15) is 5.75 Å². The molecule has 1 aromatic rings. The Labute approximate surface area is 82.5 Å². The van der Waals surface area contributed by atoms with Gasteiger partial charge in [-0.2, -0.15) is 0 Å². The fourth-order valence-corrected chi connectivity index (χ4v) is 1.03. The molecule has 76 valence electrons. The lowest BCUT2D eigenvalue weighted by Gasteiger charge is -2.05. The van der Waals surface area contributed by atoms with E-state index < -0.39 is 0 Å². The van der Waals surface area contributed by atoms with E-state index >= 15 is 0 Å². The van der Waals surface area contributed by atoms with Gasteiger partial charge in [-0.3, -0.25) is 4.79 Å². The summed E-state index contributed by atoms with van der Waals surface area (Å²) >= 11 is 0. The molecule has 4 heteroatoms. The third-order valence-corrected chi connectivity index (χ3v) is 1.69. The van der Waals surface area contributed by atoms with Gasteiger partial charge < -0.3 is 15.2 Å². The first kappa shape index (κ1) is 10.5. The highest BCUT2D eigenvalue weighted by Gasteiger charge is 2.01. The molecule has 0 aliphatic carbocycles. The molecule has 1 rings (SSSR count). The van der Waals surface area contributed by atoms with E-state index in [0.717, 1.165) is 0 Å². The van der Waals surface area contributed by atoms with Crippen molar-refractivity contribution in [3.63, 3.8) is 0 Å². The molecule has 0 saturated carbocycles. The molecule has 0 radical (unpaired) electrons. The number of aliphatic hydroxyl groups is 1. The van der Waals surface area contributed by atoms with Crippen molar-refractivity contribution >= 4 is 11.6 Å². The lowest BCUT2D eigenvalue weighted by Crippen LogP contribution is -2.12. The average Bonchev–Trinajstić information content (AvgIpc) is 2.18. The first-order valence-electron chi connectivity index (χ1n) is 4.31. The molecule has 0 fully saturated rings. The van der Waals surface area contributed by atoms with Gasteiger partial charge in [-0.05, 0) is 12.1 Å². The van der Waals surface area contributed by atoms with Gasteiger partial charge in [0.25, 0.3) is 0 Å². The normalized spacial score (nSPS) is 9.57. The Kier molecular flexibility index (Phi) is 3.94. The van der Waals surface area contributed by atoms with Crippen LogP contribution in [0.15, 0.2) is 24.3 Å². The van der Waals surface area contributed by atoms with E-state index in [4.69, 9.17) is 9.84 Å². The van der Waals surface area contributed by atoms with Gasteiger partial charge in [0.05, 0.1) is 20.1 Å². The van der Waals surface area contributed by atoms with E-state index in [1.807, 2.05) is 0 Å². The van der Waals surface area contributed by atoms with Gasteiger partial charge in [0, 0.05) is 11.8 Å². The number of ether oxygens (including phenoxy) is 1. The average molecular weight is 195 g/mol. The van der Waals surface area contributed by atoms with Crippen LogP contribution >= 0.6 is 0 Å². The van der Waals surface area contributed by atoms with Gasteiger partial charge in [-0.1, -0.05) is 6.07 Å². The monoisotopic (exact) mass is 195 g/mol. The number of amides is 1. The maximum absolute atomic E-state index is 11.1. The minimum Gasteiger partial charge on any atom is -0.497 e. The number of aliphatic hydroxyl groups excluding tert-OH is 1. The summed E-state index contributed by atoms with van der Waals surface area (Å²) in [6, 6.07) is 7.06. The molecule has 0 saturated heterocycles. The highest BCUT2D eigenvalue weighted by Crippen LogP contribution is 2.16. The molecule has 14 heavy (non-hydrogen) atoms. The second kappa shape index (κ2) is 5.24. The molecule has 0 heterocycles. The Morgan fingerprint density at radius 2 is 2.36 bits per heavy atom. The summed E-state index contributed by atoms with van der Waals surface area (Å²) < 4.78 is 5.00. The highest BCUT2D eigenvalue weighted by molar-refractivity contribution is 5.90. The van der Waals surface area contributed by atoms with Crippen LogP contribution in [0.3, 0.4) is 0 Å². The molecule has 0 bridgehead atoms.